The van der Waals surface area contributed by atoms with Crippen molar-refractivity contribution in [1.82, 2.24) is 9.78 Å². The van der Waals surface area contributed by atoms with E-state index in [-0.39, 0.29) is 12.3 Å². The third-order valence-electron chi connectivity index (χ3n) is 3.95. The highest BCUT2D eigenvalue weighted by Gasteiger charge is 2.34. The smallest absolute Gasteiger partial charge is 0.227 e. The largest absolute Gasteiger partial charge is 0.369 e. The summed E-state index contributed by atoms with van der Waals surface area (Å²) in [6.45, 7) is 2.35. The topological polar surface area (TPSA) is 81.2 Å². The zero-order chi connectivity index (χ0) is 14.4. The molecule has 0 saturated carbocycles. The standard InChI is InChI=1S/C14H16N4O2/c1-8-11-4-3-10(6-12(11)16-17(8)2)18-7-9(14(15)20)5-13(18)19/h3-4,6,9H,5,7H2,1-2H3,(H2,15,20). The zero-order valence-corrected chi connectivity index (χ0v) is 11.5. The number of carbonyl (C=O) groups is 2. The summed E-state index contributed by atoms with van der Waals surface area (Å²) in [6, 6.07) is 5.72. The maximum atomic E-state index is 12.0. The highest BCUT2D eigenvalue weighted by Crippen LogP contribution is 2.28. The van der Waals surface area contributed by atoms with Crippen molar-refractivity contribution in [2.24, 2.45) is 18.7 Å². The van der Waals surface area contributed by atoms with Crippen LogP contribution in [0.4, 0.5) is 5.69 Å². The van der Waals surface area contributed by atoms with E-state index in [1.165, 1.54) is 0 Å². The molecule has 1 saturated heterocycles. The van der Waals surface area contributed by atoms with Crippen molar-refractivity contribution in [3.63, 3.8) is 0 Å². The number of hydrogen-bond donors (Lipinski definition) is 1. The number of aromatic nitrogens is 2. The second kappa shape index (κ2) is 4.33. The predicted octanol–water partition coefficient (Wildman–Crippen LogP) is 0.720. The molecular formula is C14H16N4O2. The van der Waals surface area contributed by atoms with Crippen LogP contribution in [0.2, 0.25) is 0 Å². The molecule has 20 heavy (non-hydrogen) atoms. The lowest BCUT2D eigenvalue weighted by Crippen LogP contribution is -2.28. The molecule has 1 aromatic carbocycles. The van der Waals surface area contributed by atoms with Gasteiger partial charge in [-0.15, -0.1) is 0 Å². The molecule has 2 N–H and O–H groups in total. The molecule has 2 aromatic rings. The molecule has 3 rings (SSSR count). The first-order valence-corrected chi connectivity index (χ1v) is 6.50. The molecule has 0 radical (unpaired) electrons. The van der Waals surface area contributed by atoms with Gasteiger partial charge in [0.25, 0.3) is 0 Å². The van der Waals surface area contributed by atoms with Crippen LogP contribution in [-0.2, 0) is 16.6 Å². The monoisotopic (exact) mass is 272 g/mol. The first-order valence-electron chi connectivity index (χ1n) is 6.50. The van der Waals surface area contributed by atoms with E-state index in [1.807, 2.05) is 36.9 Å². The van der Waals surface area contributed by atoms with Gasteiger partial charge in [0.1, 0.15) is 0 Å². The lowest BCUT2D eigenvalue weighted by atomic mass is 10.1. The van der Waals surface area contributed by atoms with Crippen LogP contribution >= 0.6 is 0 Å². The van der Waals surface area contributed by atoms with Crippen molar-refractivity contribution in [3.8, 4) is 0 Å². The molecule has 6 nitrogen and oxygen atoms in total. The first kappa shape index (κ1) is 12.7. The molecule has 0 spiro atoms. The SMILES string of the molecule is Cc1c2ccc(N3CC(C(N)=O)CC3=O)cc2nn1C. The van der Waals surface area contributed by atoms with Crippen LogP contribution in [0.15, 0.2) is 18.2 Å². The maximum absolute atomic E-state index is 12.0. The molecule has 1 aliphatic heterocycles. The summed E-state index contributed by atoms with van der Waals surface area (Å²) in [5, 5.41) is 5.48. The molecule has 0 bridgehead atoms. The number of rotatable bonds is 2. The number of nitrogens with two attached hydrogens (primary N) is 1. The normalized spacial score (nSPS) is 19.0. The van der Waals surface area contributed by atoms with Gasteiger partial charge in [-0.25, -0.2) is 0 Å². The highest BCUT2D eigenvalue weighted by molar-refractivity contribution is 6.01. The fourth-order valence-electron chi connectivity index (χ4n) is 2.64. The van der Waals surface area contributed by atoms with Crippen LogP contribution in [0.25, 0.3) is 10.9 Å². The molecule has 104 valence electrons. The van der Waals surface area contributed by atoms with Gasteiger partial charge in [0.2, 0.25) is 11.8 Å². The molecule has 2 heterocycles. The average molecular weight is 272 g/mol. The van der Waals surface area contributed by atoms with Crippen molar-refractivity contribution in [2.45, 2.75) is 13.3 Å². The summed E-state index contributed by atoms with van der Waals surface area (Å²) in [5.41, 5.74) is 7.97. The fourth-order valence-corrected chi connectivity index (χ4v) is 2.64. The number of fused-ring (bicyclic) bond motifs is 1. The van der Waals surface area contributed by atoms with E-state index >= 15 is 0 Å². The summed E-state index contributed by atoms with van der Waals surface area (Å²) in [6.07, 6.45) is 0.189. The minimum absolute atomic E-state index is 0.0687. The lowest BCUT2D eigenvalue weighted by molar-refractivity contribution is -0.123. The summed E-state index contributed by atoms with van der Waals surface area (Å²) in [4.78, 5) is 24.8. The fraction of sp³-hybridized carbons (Fsp3) is 0.357. The summed E-state index contributed by atoms with van der Waals surface area (Å²) < 4.78 is 1.81. The molecule has 1 aromatic heterocycles. The van der Waals surface area contributed by atoms with Gasteiger partial charge in [-0.2, -0.15) is 5.10 Å². The summed E-state index contributed by atoms with van der Waals surface area (Å²) >= 11 is 0. The number of primary amides is 1. The minimum Gasteiger partial charge on any atom is -0.369 e. The Hall–Kier alpha value is -2.37. The zero-order valence-electron chi connectivity index (χ0n) is 11.5. The van der Waals surface area contributed by atoms with Gasteiger partial charge in [-0.1, -0.05) is 0 Å². The number of carbonyl (C=O) groups excluding carboxylic acids is 2. The highest BCUT2D eigenvalue weighted by atomic mass is 16.2. The summed E-state index contributed by atoms with van der Waals surface area (Å²) in [5.74, 6) is -0.889. The van der Waals surface area contributed by atoms with E-state index in [1.54, 1.807) is 4.90 Å². The van der Waals surface area contributed by atoms with Gasteiger partial charge in [0, 0.05) is 36.8 Å². The van der Waals surface area contributed by atoms with Gasteiger partial charge in [0.05, 0.1) is 11.4 Å². The summed E-state index contributed by atoms with van der Waals surface area (Å²) in [7, 11) is 1.89. The van der Waals surface area contributed by atoms with Crippen molar-refractivity contribution in [3.05, 3.63) is 23.9 Å². The Morgan fingerprint density at radius 1 is 1.45 bits per heavy atom. The Labute approximate surface area is 116 Å². The van der Waals surface area contributed by atoms with E-state index in [0.29, 0.717) is 6.54 Å². The lowest BCUT2D eigenvalue weighted by Gasteiger charge is -2.16. The molecule has 2 amide bonds. The number of aryl methyl sites for hydroxylation is 2. The van der Waals surface area contributed by atoms with Crippen molar-refractivity contribution in [2.75, 3.05) is 11.4 Å². The molecule has 6 heteroatoms. The molecule has 1 atom stereocenters. The Kier molecular flexibility index (Phi) is 2.74. The van der Waals surface area contributed by atoms with E-state index < -0.39 is 11.8 Å². The van der Waals surface area contributed by atoms with Crippen LogP contribution in [0, 0.1) is 12.8 Å². The molecule has 0 aliphatic carbocycles. The van der Waals surface area contributed by atoms with E-state index in [4.69, 9.17) is 5.73 Å². The van der Waals surface area contributed by atoms with E-state index in [9.17, 15) is 9.59 Å². The van der Waals surface area contributed by atoms with Crippen LogP contribution in [-0.4, -0.2) is 28.1 Å². The van der Waals surface area contributed by atoms with Gasteiger partial charge in [-0.05, 0) is 25.1 Å². The maximum Gasteiger partial charge on any atom is 0.227 e. The number of benzene rings is 1. The Bertz CT molecular complexity index is 719. The molecule has 1 fully saturated rings. The van der Waals surface area contributed by atoms with Gasteiger partial charge >= 0.3 is 0 Å². The number of hydrogen-bond acceptors (Lipinski definition) is 3. The van der Waals surface area contributed by atoms with E-state index in [0.717, 1.165) is 22.3 Å². The number of anilines is 1. The third-order valence-corrected chi connectivity index (χ3v) is 3.95. The van der Waals surface area contributed by atoms with Crippen LogP contribution in [0.1, 0.15) is 12.1 Å². The molecular weight excluding hydrogens is 256 g/mol. The minimum atomic E-state index is -0.421. The van der Waals surface area contributed by atoms with Gasteiger partial charge in [0.15, 0.2) is 0 Å². The average Bonchev–Trinajstić information content (AvgIpc) is 2.91. The second-order valence-electron chi connectivity index (χ2n) is 5.22. The second-order valence-corrected chi connectivity index (χ2v) is 5.22. The number of nitrogens with zero attached hydrogens (tertiary/aromatic N) is 3. The molecule has 1 unspecified atom stereocenters. The van der Waals surface area contributed by atoms with Crippen LogP contribution in [0.5, 0.6) is 0 Å². The molecule has 1 aliphatic rings. The van der Waals surface area contributed by atoms with Crippen molar-refractivity contribution < 1.29 is 9.59 Å². The third kappa shape index (κ3) is 1.84. The Morgan fingerprint density at radius 3 is 2.85 bits per heavy atom. The van der Waals surface area contributed by atoms with Gasteiger partial charge in [-0.3, -0.25) is 14.3 Å². The first-order chi connectivity index (χ1) is 9.47. The van der Waals surface area contributed by atoms with Crippen LogP contribution < -0.4 is 10.6 Å². The Balaban J connectivity index is 1.98. The number of amides is 2. The van der Waals surface area contributed by atoms with Crippen molar-refractivity contribution >= 4 is 28.4 Å². The Morgan fingerprint density at radius 2 is 2.20 bits per heavy atom. The van der Waals surface area contributed by atoms with Crippen molar-refractivity contribution in [1.29, 1.82) is 0 Å². The van der Waals surface area contributed by atoms with Crippen LogP contribution in [0.3, 0.4) is 0 Å². The van der Waals surface area contributed by atoms with E-state index in [2.05, 4.69) is 5.10 Å². The quantitative estimate of drug-likeness (QED) is 0.874. The predicted molar refractivity (Wildman–Crippen MR) is 75.1 cm³/mol. The van der Waals surface area contributed by atoms with Gasteiger partial charge < -0.3 is 10.6 Å².